The highest BCUT2D eigenvalue weighted by Gasteiger charge is 2.18. The Bertz CT molecular complexity index is 381. The number of hydrogen-bond acceptors (Lipinski definition) is 6. The minimum Gasteiger partial charge on any atom is -0.385 e. The van der Waals surface area contributed by atoms with Gasteiger partial charge in [-0.05, 0) is 18.8 Å². The third-order valence-corrected chi connectivity index (χ3v) is 2.82. The molecular weight excluding hydrogens is 230 g/mol. The van der Waals surface area contributed by atoms with Crippen molar-refractivity contribution in [3.8, 4) is 0 Å². The van der Waals surface area contributed by atoms with Crippen LogP contribution in [0.4, 0.5) is 11.8 Å². The first-order valence-corrected chi connectivity index (χ1v) is 6.01. The van der Waals surface area contributed by atoms with Crippen LogP contribution in [-0.4, -0.2) is 30.2 Å². The van der Waals surface area contributed by atoms with Crippen molar-refractivity contribution in [2.24, 2.45) is 11.3 Å². The summed E-state index contributed by atoms with van der Waals surface area (Å²) in [5, 5.41) is 3.33. The summed E-state index contributed by atoms with van der Waals surface area (Å²) >= 11 is 0. The van der Waals surface area contributed by atoms with Gasteiger partial charge in [0, 0.05) is 32.0 Å². The topological polar surface area (TPSA) is 85.1 Å². The highest BCUT2D eigenvalue weighted by atomic mass is 16.5. The molecule has 1 rings (SSSR count). The number of aromatic nitrogens is 2. The Kier molecular flexibility index (Phi) is 5.30. The number of ether oxygens (including phenoxy) is 1. The fourth-order valence-corrected chi connectivity index (χ4v) is 1.48. The van der Waals surface area contributed by atoms with Gasteiger partial charge >= 0.3 is 0 Å². The zero-order valence-electron chi connectivity index (χ0n) is 11.6. The van der Waals surface area contributed by atoms with Gasteiger partial charge in [-0.1, -0.05) is 13.8 Å². The van der Waals surface area contributed by atoms with Gasteiger partial charge in [-0.2, -0.15) is 4.98 Å². The maximum Gasteiger partial charge on any atom is 0.239 e. The molecule has 0 saturated heterocycles. The molecule has 1 heterocycles. The molecule has 0 fully saturated rings. The molecule has 0 radical (unpaired) electrons. The average Bonchev–Trinajstić information content (AvgIpc) is 2.35. The predicted octanol–water partition coefficient (Wildman–Crippen LogP) is 1.55. The Morgan fingerprint density at radius 1 is 1.44 bits per heavy atom. The highest BCUT2D eigenvalue weighted by molar-refractivity contribution is 5.46. The quantitative estimate of drug-likeness (QED) is 0.505. The van der Waals surface area contributed by atoms with Gasteiger partial charge in [0.1, 0.15) is 5.82 Å². The molecular formula is C12H23N5O. The molecule has 1 aromatic rings. The number of hydrogen-bond donors (Lipinski definition) is 3. The monoisotopic (exact) mass is 253 g/mol. The molecule has 102 valence electrons. The van der Waals surface area contributed by atoms with Crippen LogP contribution in [-0.2, 0) is 4.74 Å². The molecule has 0 amide bonds. The summed E-state index contributed by atoms with van der Waals surface area (Å²) < 4.78 is 5.11. The predicted molar refractivity (Wildman–Crippen MR) is 73.3 cm³/mol. The summed E-state index contributed by atoms with van der Waals surface area (Å²) in [7, 11) is 1.72. The van der Waals surface area contributed by atoms with Gasteiger partial charge in [0.2, 0.25) is 5.95 Å². The van der Waals surface area contributed by atoms with Gasteiger partial charge in [0.25, 0.3) is 0 Å². The van der Waals surface area contributed by atoms with E-state index in [4.69, 9.17) is 10.6 Å². The molecule has 0 spiro atoms. The number of nitrogen functional groups attached to an aromatic ring is 1. The molecule has 6 nitrogen and oxygen atoms in total. The molecule has 0 bridgehead atoms. The lowest BCUT2D eigenvalue weighted by Gasteiger charge is -2.25. The smallest absolute Gasteiger partial charge is 0.239 e. The van der Waals surface area contributed by atoms with Crippen molar-refractivity contribution in [1.82, 2.24) is 9.97 Å². The summed E-state index contributed by atoms with van der Waals surface area (Å²) in [6.45, 7) is 7.92. The SMILES string of the molecule is COCCC(C)(C)CNc1nc(NN)ncc1C. The molecule has 4 N–H and O–H groups in total. The number of nitrogens with zero attached hydrogens (tertiary/aromatic N) is 2. The Balaban J connectivity index is 2.62. The minimum atomic E-state index is 0.143. The van der Waals surface area contributed by atoms with Crippen molar-refractivity contribution in [1.29, 1.82) is 0 Å². The largest absolute Gasteiger partial charge is 0.385 e. The van der Waals surface area contributed by atoms with Gasteiger partial charge < -0.3 is 10.1 Å². The van der Waals surface area contributed by atoms with Crippen molar-refractivity contribution in [3.05, 3.63) is 11.8 Å². The van der Waals surface area contributed by atoms with E-state index in [0.29, 0.717) is 5.95 Å². The van der Waals surface area contributed by atoms with E-state index in [2.05, 4.69) is 34.6 Å². The minimum absolute atomic E-state index is 0.143. The molecule has 6 heteroatoms. The summed E-state index contributed by atoms with van der Waals surface area (Å²) in [5.41, 5.74) is 3.58. The summed E-state index contributed by atoms with van der Waals surface area (Å²) in [6.07, 6.45) is 2.73. The number of hydrazine groups is 1. The lowest BCUT2D eigenvalue weighted by molar-refractivity contribution is 0.157. The normalized spacial score (nSPS) is 11.4. The van der Waals surface area contributed by atoms with Gasteiger partial charge in [0.05, 0.1) is 0 Å². The maximum absolute atomic E-state index is 5.30. The summed E-state index contributed by atoms with van der Waals surface area (Å²) in [6, 6.07) is 0. The van der Waals surface area contributed by atoms with Gasteiger partial charge in [-0.3, -0.25) is 5.43 Å². The maximum atomic E-state index is 5.30. The third kappa shape index (κ3) is 4.46. The Morgan fingerprint density at radius 3 is 2.78 bits per heavy atom. The van der Waals surface area contributed by atoms with Crippen LogP contribution in [0.2, 0.25) is 0 Å². The zero-order chi connectivity index (χ0) is 13.6. The summed E-state index contributed by atoms with van der Waals surface area (Å²) in [5.74, 6) is 6.52. The molecule has 0 unspecified atom stereocenters. The average molecular weight is 253 g/mol. The van der Waals surface area contributed by atoms with E-state index >= 15 is 0 Å². The second kappa shape index (κ2) is 6.51. The van der Waals surface area contributed by atoms with Crippen molar-refractivity contribution in [2.45, 2.75) is 27.2 Å². The van der Waals surface area contributed by atoms with Crippen LogP contribution in [0, 0.1) is 12.3 Å². The van der Waals surface area contributed by atoms with Crippen LogP contribution in [0.5, 0.6) is 0 Å². The van der Waals surface area contributed by atoms with E-state index in [1.165, 1.54) is 0 Å². The summed E-state index contributed by atoms with van der Waals surface area (Å²) in [4.78, 5) is 8.33. The van der Waals surface area contributed by atoms with Crippen LogP contribution >= 0.6 is 0 Å². The second-order valence-corrected chi connectivity index (χ2v) is 5.13. The third-order valence-electron chi connectivity index (χ3n) is 2.82. The molecule has 0 aliphatic heterocycles. The first-order valence-electron chi connectivity index (χ1n) is 6.01. The number of anilines is 2. The first-order chi connectivity index (χ1) is 8.48. The number of methoxy groups -OCH3 is 1. The van der Waals surface area contributed by atoms with E-state index in [-0.39, 0.29) is 5.41 Å². The van der Waals surface area contributed by atoms with E-state index in [0.717, 1.165) is 31.0 Å². The fourth-order valence-electron chi connectivity index (χ4n) is 1.48. The van der Waals surface area contributed by atoms with Crippen molar-refractivity contribution in [3.63, 3.8) is 0 Å². The van der Waals surface area contributed by atoms with Gasteiger partial charge in [0.15, 0.2) is 0 Å². The van der Waals surface area contributed by atoms with Crippen molar-refractivity contribution < 1.29 is 4.74 Å². The van der Waals surface area contributed by atoms with Crippen LogP contribution in [0.25, 0.3) is 0 Å². The van der Waals surface area contributed by atoms with Crippen LogP contribution in [0.1, 0.15) is 25.8 Å². The molecule has 0 aliphatic rings. The Labute approximate surface area is 108 Å². The second-order valence-electron chi connectivity index (χ2n) is 5.13. The molecule has 0 aliphatic carbocycles. The van der Waals surface area contributed by atoms with E-state index in [1.54, 1.807) is 13.3 Å². The van der Waals surface area contributed by atoms with Crippen LogP contribution < -0.4 is 16.6 Å². The van der Waals surface area contributed by atoms with Gasteiger partial charge in [-0.15, -0.1) is 0 Å². The molecule has 0 aromatic carbocycles. The fraction of sp³-hybridized carbons (Fsp3) is 0.667. The molecule has 1 aromatic heterocycles. The van der Waals surface area contributed by atoms with Gasteiger partial charge in [-0.25, -0.2) is 10.8 Å². The highest BCUT2D eigenvalue weighted by Crippen LogP contribution is 2.22. The zero-order valence-corrected chi connectivity index (χ0v) is 11.6. The first kappa shape index (κ1) is 14.7. The standard InChI is InChI=1S/C12H23N5O/c1-9-7-14-11(17-13)16-10(9)15-8-12(2,3)5-6-18-4/h7H,5-6,8,13H2,1-4H3,(H2,14,15,16,17). The molecule has 18 heavy (non-hydrogen) atoms. The van der Waals surface area contributed by atoms with E-state index < -0.39 is 0 Å². The number of nitrogens with one attached hydrogen (secondary N) is 2. The Morgan fingerprint density at radius 2 is 2.17 bits per heavy atom. The van der Waals surface area contributed by atoms with E-state index in [1.807, 2.05) is 6.92 Å². The lowest BCUT2D eigenvalue weighted by Crippen LogP contribution is -2.25. The van der Waals surface area contributed by atoms with Crippen LogP contribution in [0.15, 0.2) is 6.20 Å². The van der Waals surface area contributed by atoms with Crippen molar-refractivity contribution >= 4 is 11.8 Å². The van der Waals surface area contributed by atoms with Crippen molar-refractivity contribution in [2.75, 3.05) is 31.0 Å². The van der Waals surface area contributed by atoms with Crippen LogP contribution in [0.3, 0.4) is 0 Å². The number of rotatable bonds is 7. The number of nitrogens with two attached hydrogens (primary N) is 1. The lowest BCUT2D eigenvalue weighted by atomic mass is 9.90. The molecule has 0 saturated carbocycles. The molecule has 0 atom stereocenters. The van der Waals surface area contributed by atoms with E-state index in [9.17, 15) is 0 Å². The Hall–Kier alpha value is -1.40. The number of aryl methyl sites for hydroxylation is 1.